The molecule has 0 radical (unpaired) electrons. The summed E-state index contributed by atoms with van der Waals surface area (Å²) in [5.74, 6) is -0.510. The predicted octanol–water partition coefficient (Wildman–Crippen LogP) is 2.70. The van der Waals surface area contributed by atoms with Crippen molar-refractivity contribution in [2.45, 2.75) is 45.4 Å². The van der Waals surface area contributed by atoms with Gasteiger partial charge in [0.1, 0.15) is 0 Å². The molecule has 4 rings (SSSR count). The van der Waals surface area contributed by atoms with Crippen LogP contribution in [0.5, 0.6) is 0 Å². The second kappa shape index (κ2) is 10.3. The number of hydrogen-bond acceptors (Lipinski definition) is 6. The average molecular weight is 438 g/mol. The van der Waals surface area contributed by atoms with Crippen molar-refractivity contribution in [1.29, 1.82) is 0 Å². The zero-order valence-electron chi connectivity index (χ0n) is 18.0. The minimum absolute atomic E-state index is 0.111. The molecule has 2 atom stereocenters. The maximum Gasteiger partial charge on any atom is 0.251 e. The van der Waals surface area contributed by atoms with Gasteiger partial charge in [-0.05, 0) is 48.6 Å². The van der Waals surface area contributed by atoms with E-state index in [1.54, 1.807) is 29.2 Å². The monoisotopic (exact) mass is 437 g/mol. The number of hydrogen-bond donors (Lipinski definition) is 1. The van der Waals surface area contributed by atoms with E-state index in [0.29, 0.717) is 19.6 Å². The molecule has 9 heteroatoms. The summed E-state index contributed by atoms with van der Waals surface area (Å²) in [6.45, 7) is 2.91. The fourth-order valence-corrected chi connectivity index (χ4v) is 3.50. The van der Waals surface area contributed by atoms with Crippen molar-refractivity contribution in [3.05, 3.63) is 65.3 Å². The minimum atomic E-state index is -0.375. The first-order chi connectivity index (χ1) is 15.6. The van der Waals surface area contributed by atoms with Crippen molar-refractivity contribution in [1.82, 2.24) is 25.0 Å². The van der Waals surface area contributed by atoms with E-state index in [9.17, 15) is 9.59 Å². The van der Waals surface area contributed by atoms with Crippen molar-refractivity contribution >= 4 is 5.91 Å². The van der Waals surface area contributed by atoms with Crippen molar-refractivity contribution in [3.8, 4) is 16.8 Å². The van der Waals surface area contributed by atoms with Crippen LogP contribution in [-0.4, -0.2) is 38.4 Å². The van der Waals surface area contributed by atoms with Crippen LogP contribution in [0, 0.1) is 5.92 Å². The van der Waals surface area contributed by atoms with Crippen LogP contribution in [0.3, 0.4) is 0 Å². The smallest absolute Gasteiger partial charge is 0.251 e. The van der Waals surface area contributed by atoms with Crippen LogP contribution in [0.2, 0.25) is 0 Å². The number of nitrogens with one attached hydrogen (secondary N) is 1. The van der Waals surface area contributed by atoms with Crippen LogP contribution in [0.4, 0.5) is 0 Å². The molecule has 1 aliphatic heterocycles. The molecule has 0 saturated carbocycles. The van der Waals surface area contributed by atoms with Gasteiger partial charge in [0, 0.05) is 37.8 Å². The Bertz CT molecular complexity index is 1070. The van der Waals surface area contributed by atoms with Crippen LogP contribution in [0.25, 0.3) is 16.8 Å². The van der Waals surface area contributed by atoms with Crippen molar-refractivity contribution in [2.24, 2.45) is 5.92 Å². The molecular formula is C23H27N5O4. The summed E-state index contributed by atoms with van der Waals surface area (Å²) in [5.41, 5.74) is 4.98. The normalized spacial score (nSPS) is 17.1. The summed E-state index contributed by atoms with van der Waals surface area (Å²) in [6.07, 6.45) is 7.97. The van der Waals surface area contributed by atoms with E-state index in [1.165, 1.54) is 4.80 Å². The van der Waals surface area contributed by atoms with Gasteiger partial charge in [-0.15, -0.1) is 0 Å². The Morgan fingerprint density at radius 3 is 2.66 bits per heavy atom. The number of rotatable bonds is 8. The lowest BCUT2D eigenvalue weighted by atomic mass is 10.1. The maximum atomic E-state index is 12.6. The molecule has 1 N–H and O–H groups in total. The summed E-state index contributed by atoms with van der Waals surface area (Å²) >= 11 is 0. The molecular weight excluding hydrogens is 410 g/mol. The number of amides is 1. The van der Waals surface area contributed by atoms with E-state index < -0.39 is 0 Å². The van der Waals surface area contributed by atoms with Crippen molar-refractivity contribution < 1.29 is 14.4 Å². The van der Waals surface area contributed by atoms with Gasteiger partial charge in [0.15, 0.2) is 6.29 Å². The molecule has 0 aliphatic carbocycles. The zero-order chi connectivity index (χ0) is 22.3. The van der Waals surface area contributed by atoms with Crippen molar-refractivity contribution in [3.63, 3.8) is 0 Å². The fraction of sp³-hybridized carbons (Fsp3) is 0.391. The second-order valence-electron chi connectivity index (χ2n) is 7.88. The Morgan fingerprint density at radius 1 is 1.19 bits per heavy atom. The lowest BCUT2D eigenvalue weighted by Crippen LogP contribution is -2.36. The molecule has 2 unspecified atom stereocenters. The number of aryl methyl sites for hydroxylation is 1. The highest BCUT2D eigenvalue weighted by atomic mass is 16.8. The SMILES string of the molecule is CC(CCn1ccc(-c2ccc(-n3nccn3)cc2)cc1=O)C(=O)NOC1CCCCO1. The molecule has 0 bridgehead atoms. The van der Waals surface area contributed by atoms with E-state index in [4.69, 9.17) is 9.57 Å². The molecule has 3 aromatic rings. The Kier molecular flexibility index (Phi) is 7.08. The number of ether oxygens (including phenoxy) is 1. The van der Waals surface area contributed by atoms with E-state index in [1.807, 2.05) is 37.3 Å². The quantitative estimate of drug-likeness (QED) is 0.544. The molecule has 1 aromatic carbocycles. The van der Waals surface area contributed by atoms with E-state index in [0.717, 1.165) is 36.1 Å². The first-order valence-electron chi connectivity index (χ1n) is 10.8. The highest BCUT2D eigenvalue weighted by Gasteiger charge is 2.18. The van der Waals surface area contributed by atoms with Gasteiger partial charge in [0.2, 0.25) is 5.91 Å². The number of nitrogens with zero attached hydrogens (tertiary/aromatic N) is 4. The third-order valence-electron chi connectivity index (χ3n) is 5.53. The lowest BCUT2D eigenvalue weighted by molar-refractivity contribution is -0.202. The minimum Gasteiger partial charge on any atom is -0.350 e. The van der Waals surface area contributed by atoms with Gasteiger partial charge in [0.25, 0.3) is 5.56 Å². The highest BCUT2D eigenvalue weighted by molar-refractivity contribution is 5.77. The number of aromatic nitrogens is 4. The van der Waals surface area contributed by atoms with E-state index in [-0.39, 0.29) is 23.7 Å². The predicted molar refractivity (Wildman–Crippen MR) is 118 cm³/mol. The van der Waals surface area contributed by atoms with E-state index in [2.05, 4.69) is 15.7 Å². The van der Waals surface area contributed by atoms with Crippen LogP contribution in [0.15, 0.2) is 59.8 Å². The summed E-state index contributed by atoms with van der Waals surface area (Å²) in [6, 6.07) is 11.2. The van der Waals surface area contributed by atoms with Gasteiger partial charge in [0.05, 0.1) is 18.1 Å². The molecule has 32 heavy (non-hydrogen) atoms. The Morgan fingerprint density at radius 2 is 1.97 bits per heavy atom. The van der Waals surface area contributed by atoms with E-state index >= 15 is 0 Å². The third-order valence-corrected chi connectivity index (χ3v) is 5.53. The average Bonchev–Trinajstić information content (AvgIpc) is 3.37. The topological polar surface area (TPSA) is 100 Å². The molecule has 1 saturated heterocycles. The van der Waals surface area contributed by atoms with Gasteiger partial charge in [-0.25, -0.2) is 10.3 Å². The maximum absolute atomic E-state index is 12.6. The summed E-state index contributed by atoms with van der Waals surface area (Å²) < 4.78 is 7.05. The molecule has 168 valence electrons. The highest BCUT2D eigenvalue weighted by Crippen LogP contribution is 2.19. The summed E-state index contributed by atoms with van der Waals surface area (Å²) in [5, 5.41) is 8.21. The number of carbonyl (C=O) groups excluding carboxylic acids is 1. The first kappa shape index (κ1) is 21.9. The Labute approximate surface area is 185 Å². The first-order valence-corrected chi connectivity index (χ1v) is 10.8. The summed E-state index contributed by atoms with van der Waals surface area (Å²) in [4.78, 5) is 31.7. The molecule has 1 aliphatic rings. The van der Waals surface area contributed by atoms with Crippen LogP contribution >= 0.6 is 0 Å². The third kappa shape index (κ3) is 5.49. The van der Waals surface area contributed by atoms with Gasteiger partial charge in [-0.3, -0.25) is 9.59 Å². The second-order valence-corrected chi connectivity index (χ2v) is 7.88. The lowest BCUT2D eigenvalue weighted by Gasteiger charge is -2.23. The molecule has 0 spiro atoms. The van der Waals surface area contributed by atoms with Gasteiger partial charge in [-0.2, -0.15) is 15.0 Å². The number of benzene rings is 1. The zero-order valence-corrected chi connectivity index (χ0v) is 18.0. The Hall–Kier alpha value is -3.30. The van der Waals surface area contributed by atoms with Gasteiger partial charge < -0.3 is 9.30 Å². The number of hydroxylamine groups is 1. The largest absolute Gasteiger partial charge is 0.350 e. The standard InChI is InChI=1S/C23H27N5O4/c1-17(23(30)26-32-22-4-2-3-15-31-22)9-13-27-14-10-19(16-21(27)29)18-5-7-20(8-6-18)28-24-11-12-25-28/h5-8,10-12,14,16-17,22H,2-4,9,13,15H2,1H3,(H,26,30). The molecule has 2 aromatic heterocycles. The molecule has 1 fully saturated rings. The van der Waals surface area contributed by atoms with Gasteiger partial charge in [-0.1, -0.05) is 19.1 Å². The summed E-state index contributed by atoms with van der Waals surface area (Å²) in [7, 11) is 0. The van der Waals surface area contributed by atoms with Crippen LogP contribution in [0.1, 0.15) is 32.6 Å². The molecule has 3 heterocycles. The Balaban J connectivity index is 1.31. The fourth-order valence-electron chi connectivity index (χ4n) is 3.50. The molecule has 1 amide bonds. The van der Waals surface area contributed by atoms with Crippen LogP contribution < -0.4 is 11.0 Å². The number of pyridine rings is 1. The van der Waals surface area contributed by atoms with Crippen LogP contribution in [-0.2, 0) is 20.9 Å². The number of carbonyl (C=O) groups is 1. The molecule has 9 nitrogen and oxygen atoms in total. The van der Waals surface area contributed by atoms with Gasteiger partial charge >= 0.3 is 0 Å². The van der Waals surface area contributed by atoms with Crippen molar-refractivity contribution in [2.75, 3.05) is 6.61 Å².